The molecule has 1 N–H and O–H groups in total. The molecule has 4 rings (SSSR count). The number of carbonyl (C=O) groups is 3. The Hall–Kier alpha value is -2.29. The van der Waals surface area contributed by atoms with E-state index in [0.29, 0.717) is 45.0 Å². The van der Waals surface area contributed by atoms with Gasteiger partial charge in [0.25, 0.3) is 5.89 Å². The van der Waals surface area contributed by atoms with Crippen molar-refractivity contribution in [2.24, 2.45) is 17.3 Å². The van der Waals surface area contributed by atoms with Crippen molar-refractivity contribution >= 4 is 17.6 Å². The fraction of sp³-hybridized carbons (Fsp3) is 0.800. The lowest BCUT2D eigenvalue weighted by molar-refractivity contribution is -0.140. The Morgan fingerprint density at radius 3 is 2.47 bits per heavy atom. The van der Waals surface area contributed by atoms with E-state index in [-0.39, 0.29) is 41.2 Å². The summed E-state index contributed by atoms with van der Waals surface area (Å²) in [6.07, 6.45) is 6.69. The van der Waals surface area contributed by atoms with Gasteiger partial charge >= 0.3 is 0 Å². The summed E-state index contributed by atoms with van der Waals surface area (Å²) >= 11 is 0. The molecule has 1 aliphatic heterocycles. The standard InChI is InChI=1S/C25H38N4O5/c1-4-19(21(31)24-27-22(28-34-24)17-7-8-17)26-23(32)18(15-25(2,3)14-16-5-6-16)13-20(30)29-9-11-33-12-10-29/h16-19H,4-15H2,1-3H3,(H,26,32)/t18-,19-/m0/s1. The van der Waals surface area contributed by atoms with Crippen LogP contribution >= 0.6 is 0 Å². The zero-order valence-corrected chi connectivity index (χ0v) is 20.7. The number of ether oxygens (including phenoxy) is 1. The molecule has 2 atom stereocenters. The van der Waals surface area contributed by atoms with Gasteiger partial charge in [0.1, 0.15) is 0 Å². The van der Waals surface area contributed by atoms with E-state index in [0.717, 1.165) is 25.2 Å². The van der Waals surface area contributed by atoms with Crippen LogP contribution in [0.5, 0.6) is 0 Å². The van der Waals surface area contributed by atoms with Gasteiger partial charge in [-0.15, -0.1) is 0 Å². The Balaban J connectivity index is 1.43. The third-order valence-corrected chi connectivity index (χ3v) is 7.13. The zero-order chi connectivity index (χ0) is 24.3. The summed E-state index contributed by atoms with van der Waals surface area (Å²) in [6.45, 7) is 8.33. The van der Waals surface area contributed by atoms with Gasteiger partial charge in [0.2, 0.25) is 17.6 Å². The van der Waals surface area contributed by atoms with Crippen LogP contribution in [0, 0.1) is 17.3 Å². The second-order valence-electron chi connectivity index (χ2n) is 11.0. The van der Waals surface area contributed by atoms with Crippen LogP contribution in [0.4, 0.5) is 0 Å². The molecule has 2 amide bonds. The van der Waals surface area contributed by atoms with E-state index in [1.54, 1.807) is 4.90 Å². The lowest BCUT2D eigenvalue weighted by Crippen LogP contribution is -2.47. The molecule has 3 aliphatic rings. The van der Waals surface area contributed by atoms with Gasteiger partial charge in [0, 0.05) is 31.3 Å². The minimum atomic E-state index is -0.757. The average Bonchev–Trinajstić information content (AvgIpc) is 3.76. The fourth-order valence-corrected chi connectivity index (χ4v) is 4.90. The Bertz CT molecular complexity index is 884. The molecule has 0 unspecified atom stereocenters. The van der Waals surface area contributed by atoms with Crippen LogP contribution in [0.3, 0.4) is 0 Å². The Kier molecular flexibility index (Phi) is 7.70. The quantitative estimate of drug-likeness (QED) is 0.463. The minimum Gasteiger partial charge on any atom is -0.378 e. The van der Waals surface area contributed by atoms with E-state index in [4.69, 9.17) is 9.26 Å². The highest BCUT2D eigenvalue weighted by Gasteiger charge is 2.37. The first-order valence-electron chi connectivity index (χ1n) is 12.8. The molecular formula is C25H38N4O5. The van der Waals surface area contributed by atoms with E-state index in [1.165, 1.54) is 12.8 Å². The van der Waals surface area contributed by atoms with Gasteiger partial charge in [-0.3, -0.25) is 14.4 Å². The molecule has 0 radical (unpaired) electrons. The predicted octanol–water partition coefficient (Wildman–Crippen LogP) is 3.11. The van der Waals surface area contributed by atoms with Crippen molar-refractivity contribution in [3.63, 3.8) is 0 Å². The highest BCUT2D eigenvalue weighted by molar-refractivity contribution is 5.99. The number of carbonyl (C=O) groups excluding carboxylic acids is 3. The van der Waals surface area contributed by atoms with E-state index in [1.807, 2.05) is 6.92 Å². The summed E-state index contributed by atoms with van der Waals surface area (Å²) in [5.74, 6) is 0.357. The SMILES string of the molecule is CC[C@H](NC(=O)[C@@H](CC(=O)N1CCOCC1)CC(C)(C)CC1CC1)C(=O)c1nc(C2CC2)no1. The van der Waals surface area contributed by atoms with Crippen molar-refractivity contribution in [3.05, 3.63) is 11.7 Å². The largest absolute Gasteiger partial charge is 0.378 e. The molecule has 34 heavy (non-hydrogen) atoms. The van der Waals surface area contributed by atoms with Crippen molar-refractivity contribution in [2.45, 2.75) is 84.1 Å². The van der Waals surface area contributed by atoms with Crippen molar-refractivity contribution in [1.82, 2.24) is 20.4 Å². The van der Waals surface area contributed by atoms with Crippen LogP contribution in [-0.4, -0.2) is 65.0 Å². The number of hydrogen-bond acceptors (Lipinski definition) is 7. The Labute approximate surface area is 201 Å². The van der Waals surface area contributed by atoms with Crippen molar-refractivity contribution in [3.8, 4) is 0 Å². The summed E-state index contributed by atoms with van der Waals surface area (Å²) < 4.78 is 10.6. The molecule has 0 spiro atoms. The van der Waals surface area contributed by atoms with E-state index < -0.39 is 12.0 Å². The lowest BCUT2D eigenvalue weighted by atomic mass is 9.77. The van der Waals surface area contributed by atoms with E-state index in [2.05, 4.69) is 29.3 Å². The molecule has 1 saturated heterocycles. The third-order valence-electron chi connectivity index (χ3n) is 7.13. The van der Waals surface area contributed by atoms with Gasteiger partial charge < -0.3 is 19.5 Å². The Morgan fingerprint density at radius 1 is 1.15 bits per heavy atom. The van der Waals surface area contributed by atoms with E-state index in [9.17, 15) is 14.4 Å². The molecule has 0 bridgehead atoms. The van der Waals surface area contributed by atoms with Crippen LogP contribution in [0.2, 0.25) is 0 Å². The molecular weight excluding hydrogens is 436 g/mol. The molecule has 9 heteroatoms. The maximum atomic E-state index is 13.4. The normalized spacial score (nSPS) is 20.6. The average molecular weight is 475 g/mol. The molecule has 2 saturated carbocycles. The molecule has 9 nitrogen and oxygen atoms in total. The number of rotatable bonds is 12. The fourth-order valence-electron chi connectivity index (χ4n) is 4.90. The monoisotopic (exact) mass is 474 g/mol. The molecule has 2 aliphatic carbocycles. The number of Topliss-reactive ketones (excluding diaryl/α,β-unsaturated/α-hetero) is 1. The van der Waals surface area contributed by atoms with Gasteiger partial charge in [0.05, 0.1) is 19.3 Å². The number of nitrogens with one attached hydrogen (secondary N) is 1. The smallest absolute Gasteiger partial charge is 0.296 e. The zero-order valence-electron chi connectivity index (χ0n) is 20.7. The minimum absolute atomic E-state index is 0.0315. The molecule has 3 fully saturated rings. The van der Waals surface area contributed by atoms with Crippen molar-refractivity contribution < 1.29 is 23.6 Å². The number of hydrogen-bond donors (Lipinski definition) is 1. The van der Waals surface area contributed by atoms with Crippen LogP contribution in [0.25, 0.3) is 0 Å². The number of morpholine rings is 1. The first-order valence-corrected chi connectivity index (χ1v) is 12.8. The third kappa shape index (κ3) is 6.64. The lowest BCUT2D eigenvalue weighted by Gasteiger charge is -2.32. The summed E-state index contributed by atoms with van der Waals surface area (Å²) in [4.78, 5) is 45.5. The topological polar surface area (TPSA) is 115 Å². The van der Waals surface area contributed by atoms with Gasteiger partial charge in [0.15, 0.2) is 5.82 Å². The van der Waals surface area contributed by atoms with Gasteiger partial charge in [-0.2, -0.15) is 4.98 Å². The number of nitrogens with zero attached hydrogens (tertiary/aromatic N) is 3. The van der Waals surface area contributed by atoms with Crippen LogP contribution in [0.15, 0.2) is 4.52 Å². The number of ketones is 1. The first-order chi connectivity index (χ1) is 16.3. The molecule has 1 aromatic rings. The van der Waals surface area contributed by atoms with Gasteiger partial charge in [-0.25, -0.2) is 0 Å². The molecule has 2 heterocycles. The molecule has 1 aromatic heterocycles. The maximum Gasteiger partial charge on any atom is 0.296 e. The van der Waals surface area contributed by atoms with Crippen molar-refractivity contribution in [2.75, 3.05) is 26.3 Å². The van der Waals surface area contributed by atoms with E-state index >= 15 is 0 Å². The maximum absolute atomic E-state index is 13.4. The summed E-state index contributed by atoms with van der Waals surface area (Å²) in [5.41, 5.74) is -0.0637. The number of amides is 2. The van der Waals surface area contributed by atoms with Crippen LogP contribution in [-0.2, 0) is 14.3 Å². The molecule has 0 aromatic carbocycles. The predicted molar refractivity (Wildman–Crippen MR) is 124 cm³/mol. The highest BCUT2D eigenvalue weighted by Crippen LogP contribution is 2.43. The highest BCUT2D eigenvalue weighted by atomic mass is 16.5. The first kappa shape index (κ1) is 24.8. The summed E-state index contributed by atoms with van der Waals surface area (Å²) in [7, 11) is 0. The Morgan fingerprint density at radius 2 is 1.85 bits per heavy atom. The number of aromatic nitrogens is 2. The molecule has 188 valence electrons. The van der Waals surface area contributed by atoms with Crippen LogP contribution in [0.1, 0.15) is 94.6 Å². The second-order valence-corrected chi connectivity index (χ2v) is 11.0. The van der Waals surface area contributed by atoms with Gasteiger partial charge in [-0.1, -0.05) is 38.8 Å². The van der Waals surface area contributed by atoms with Gasteiger partial charge in [-0.05, 0) is 43.4 Å². The van der Waals surface area contributed by atoms with Crippen molar-refractivity contribution in [1.29, 1.82) is 0 Å². The summed E-state index contributed by atoms with van der Waals surface area (Å²) in [5, 5.41) is 6.83. The van der Waals surface area contributed by atoms with Crippen LogP contribution < -0.4 is 5.32 Å². The summed E-state index contributed by atoms with van der Waals surface area (Å²) in [6, 6.07) is -0.757. The second kappa shape index (κ2) is 10.5.